The molecule has 2 unspecified atom stereocenters. The van der Waals surface area contributed by atoms with Gasteiger partial charge in [0.25, 0.3) is 5.91 Å². The van der Waals surface area contributed by atoms with Crippen molar-refractivity contribution < 1.29 is 24.2 Å². The van der Waals surface area contributed by atoms with E-state index in [1.165, 1.54) is 0 Å². The molecule has 3 aliphatic heterocycles. The van der Waals surface area contributed by atoms with Gasteiger partial charge in [-0.05, 0) is 75.9 Å². The molecule has 252 valence electrons. The predicted octanol–water partition coefficient (Wildman–Crippen LogP) is 5.20. The molecule has 9 nitrogen and oxygen atoms in total. The Hall–Kier alpha value is -3.95. The number of likely N-dealkylation sites (tertiary alicyclic amines) is 1. The molecule has 3 aliphatic rings. The van der Waals surface area contributed by atoms with E-state index in [9.17, 15) is 19.5 Å². The Balaban J connectivity index is 1.51. The van der Waals surface area contributed by atoms with E-state index in [2.05, 4.69) is 31.9 Å². The Labute approximate surface area is 279 Å². The van der Waals surface area contributed by atoms with Gasteiger partial charge < -0.3 is 29.4 Å². The molecule has 3 saturated heterocycles. The minimum Gasteiger partial charge on any atom is -0.396 e. The zero-order chi connectivity index (χ0) is 33.6. The highest BCUT2D eigenvalue weighted by Crippen LogP contribution is 2.59. The van der Waals surface area contributed by atoms with Gasteiger partial charge in [0.1, 0.15) is 11.6 Å². The van der Waals surface area contributed by atoms with Gasteiger partial charge in [0.2, 0.25) is 11.8 Å². The first kappa shape index (κ1) is 34.4. The third kappa shape index (κ3) is 6.48. The number of amides is 3. The average molecular weight is 643 g/mol. The maximum absolute atomic E-state index is 14.9. The maximum atomic E-state index is 14.9. The Morgan fingerprint density at radius 2 is 1.49 bits per heavy atom. The second-order valence-electron chi connectivity index (χ2n) is 12.7. The summed E-state index contributed by atoms with van der Waals surface area (Å²) in [6.07, 6.45) is 7.11. The number of para-hydroxylation sites is 1. The van der Waals surface area contributed by atoms with Crippen molar-refractivity contribution in [3.8, 4) is 0 Å². The van der Waals surface area contributed by atoms with Gasteiger partial charge in [-0.2, -0.15) is 0 Å². The number of anilines is 3. The minimum atomic E-state index is -1.10. The predicted molar refractivity (Wildman–Crippen MR) is 186 cm³/mol. The van der Waals surface area contributed by atoms with Crippen molar-refractivity contribution in [2.75, 3.05) is 54.0 Å². The largest absolute Gasteiger partial charge is 0.396 e. The van der Waals surface area contributed by atoms with Crippen LogP contribution < -0.4 is 14.7 Å². The number of carbonyl (C=O) groups is 3. The Morgan fingerprint density at radius 3 is 2.11 bits per heavy atom. The van der Waals surface area contributed by atoms with E-state index >= 15 is 0 Å². The summed E-state index contributed by atoms with van der Waals surface area (Å²) in [5.74, 6) is -2.04. The van der Waals surface area contributed by atoms with E-state index in [0.29, 0.717) is 38.8 Å². The highest BCUT2D eigenvalue weighted by Gasteiger charge is 2.74. The number of hydrogen-bond donors (Lipinski definition) is 1. The van der Waals surface area contributed by atoms with Crippen LogP contribution in [0.2, 0.25) is 0 Å². The van der Waals surface area contributed by atoms with Crippen LogP contribution in [0.3, 0.4) is 0 Å². The van der Waals surface area contributed by atoms with E-state index in [0.717, 1.165) is 43.0 Å². The molecular formula is C38H50N4O5. The van der Waals surface area contributed by atoms with Gasteiger partial charge in [0.05, 0.1) is 17.9 Å². The quantitative estimate of drug-likeness (QED) is 0.189. The second kappa shape index (κ2) is 15.3. The van der Waals surface area contributed by atoms with Crippen molar-refractivity contribution in [1.29, 1.82) is 0 Å². The summed E-state index contributed by atoms with van der Waals surface area (Å²) in [6, 6.07) is 16.5. The molecule has 5 atom stereocenters. The fourth-order valence-corrected chi connectivity index (χ4v) is 7.97. The number of aliphatic hydroxyl groups is 1. The van der Waals surface area contributed by atoms with E-state index in [1.807, 2.05) is 54.6 Å². The smallest absolute Gasteiger partial charge is 0.253 e. The Morgan fingerprint density at radius 1 is 0.894 bits per heavy atom. The lowest BCUT2D eigenvalue weighted by Gasteiger charge is -2.37. The number of fused-ring (bicyclic) bond motifs is 1. The molecule has 2 aromatic carbocycles. The topological polar surface area (TPSA) is 93.6 Å². The first-order chi connectivity index (χ1) is 22.9. The number of carbonyl (C=O) groups excluding carboxylic acids is 3. The standard InChI is InChI=1S/C38H50N4O5/c1-5-24-40(29-16-12-11-13-17-29)35(44)32-31-22-23-38(47-31)33(32)36(45)42(26-14-9-10-15-27-43)34(38)37(46)41(25-6-2)30-20-18-28(19-21-30)39(7-3)8-4/h5-6,11-13,16-21,31-34,43H,1-2,7-10,14-15,22-27H2,3-4H3/t31-,32+,33+,34?,38?/m1/s1. The highest BCUT2D eigenvalue weighted by molar-refractivity contribution is 6.06. The fourth-order valence-electron chi connectivity index (χ4n) is 7.97. The molecule has 9 heteroatoms. The van der Waals surface area contributed by atoms with E-state index in [-0.39, 0.29) is 30.9 Å². The van der Waals surface area contributed by atoms with Crippen LogP contribution in [-0.4, -0.2) is 84.8 Å². The van der Waals surface area contributed by atoms with Crippen molar-refractivity contribution in [1.82, 2.24) is 4.90 Å². The van der Waals surface area contributed by atoms with Gasteiger partial charge in [-0.1, -0.05) is 43.2 Å². The molecule has 1 spiro atoms. The summed E-state index contributed by atoms with van der Waals surface area (Å²) in [5, 5.41) is 9.27. The summed E-state index contributed by atoms with van der Waals surface area (Å²) in [4.78, 5) is 51.2. The van der Waals surface area contributed by atoms with Crippen molar-refractivity contribution >= 4 is 34.8 Å². The van der Waals surface area contributed by atoms with Crippen LogP contribution >= 0.6 is 0 Å². The summed E-state index contributed by atoms with van der Waals surface area (Å²) in [7, 11) is 0. The van der Waals surface area contributed by atoms with Crippen molar-refractivity contribution in [3.63, 3.8) is 0 Å². The van der Waals surface area contributed by atoms with Crippen LogP contribution in [0.25, 0.3) is 0 Å². The molecule has 0 aliphatic carbocycles. The number of ether oxygens (including phenoxy) is 1. The van der Waals surface area contributed by atoms with Crippen LogP contribution in [0.15, 0.2) is 79.9 Å². The lowest BCUT2D eigenvalue weighted by atomic mass is 9.70. The summed E-state index contributed by atoms with van der Waals surface area (Å²) in [6.45, 7) is 14.9. The fraction of sp³-hybridized carbons (Fsp3) is 0.500. The number of nitrogens with zero attached hydrogens (tertiary/aromatic N) is 4. The molecule has 1 N–H and O–H groups in total. The van der Waals surface area contributed by atoms with Crippen molar-refractivity contribution in [3.05, 3.63) is 79.9 Å². The zero-order valence-corrected chi connectivity index (χ0v) is 27.9. The zero-order valence-electron chi connectivity index (χ0n) is 27.9. The molecular weight excluding hydrogens is 592 g/mol. The molecule has 5 rings (SSSR count). The number of unbranched alkanes of at least 4 members (excludes halogenated alkanes) is 3. The van der Waals surface area contributed by atoms with E-state index in [4.69, 9.17) is 4.74 Å². The van der Waals surface area contributed by atoms with Gasteiger partial charge in [-0.3, -0.25) is 14.4 Å². The van der Waals surface area contributed by atoms with Gasteiger partial charge in [-0.25, -0.2) is 0 Å². The lowest BCUT2D eigenvalue weighted by molar-refractivity contribution is -0.140. The van der Waals surface area contributed by atoms with Gasteiger partial charge in [0, 0.05) is 56.4 Å². The summed E-state index contributed by atoms with van der Waals surface area (Å²) in [5.41, 5.74) is 1.44. The molecule has 0 saturated carbocycles. The van der Waals surface area contributed by atoms with Crippen molar-refractivity contribution in [2.45, 2.75) is 70.1 Å². The molecule has 3 fully saturated rings. The second-order valence-corrected chi connectivity index (χ2v) is 12.7. The minimum absolute atomic E-state index is 0.125. The van der Waals surface area contributed by atoms with Crippen LogP contribution in [-0.2, 0) is 19.1 Å². The summed E-state index contributed by atoms with van der Waals surface area (Å²) >= 11 is 0. The van der Waals surface area contributed by atoms with Crippen LogP contribution in [0.4, 0.5) is 17.1 Å². The third-order valence-corrected chi connectivity index (χ3v) is 10.1. The number of benzene rings is 2. The Bertz CT molecular complexity index is 1410. The van der Waals surface area contributed by atoms with Crippen molar-refractivity contribution in [2.24, 2.45) is 11.8 Å². The van der Waals surface area contributed by atoms with Gasteiger partial charge in [-0.15, -0.1) is 13.2 Å². The highest BCUT2D eigenvalue weighted by atomic mass is 16.5. The SMILES string of the molecule is C=CCN(C(=O)C1N(CCCCCCO)C(=O)[C@@H]2[C@@H](C(=O)N(CC=C)c3ccccc3)[C@H]3CCC12O3)c1ccc(N(CC)CC)cc1. The molecule has 47 heavy (non-hydrogen) atoms. The molecule has 2 bridgehead atoms. The van der Waals surface area contributed by atoms with Crippen LogP contribution in [0, 0.1) is 11.8 Å². The Kier molecular flexibility index (Phi) is 11.2. The number of aliphatic hydroxyl groups excluding tert-OH is 1. The van der Waals surface area contributed by atoms with E-state index < -0.39 is 29.6 Å². The van der Waals surface area contributed by atoms with Crippen LogP contribution in [0.5, 0.6) is 0 Å². The number of hydrogen-bond acceptors (Lipinski definition) is 6. The average Bonchev–Trinajstić information content (AvgIpc) is 3.74. The summed E-state index contributed by atoms with van der Waals surface area (Å²) < 4.78 is 6.76. The van der Waals surface area contributed by atoms with Gasteiger partial charge in [0.15, 0.2) is 0 Å². The molecule has 3 heterocycles. The number of rotatable bonds is 17. The first-order valence-corrected chi connectivity index (χ1v) is 17.2. The molecule has 2 aromatic rings. The molecule has 3 amide bonds. The first-order valence-electron chi connectivity index (χ1n) is 17.2. The normalized spacial score (nSPS) is 24.2. The van der Waals surface area contributed by atoms with Crippen LogP contribution in [0.1, 0.15) is 52.4 Å². The monoisotopic (exact) mass is 642 g/mol. The maximum Gasteiger partial charge on any atom is 0.253 e. The molecule has 0 aromatic heterocycles. The third-order valence-electron chi connectivity index (χ3n) is 10.1. The van der Waals surface area contributed by atoms with Gasteiger partial charge >= 0.3 is 0 Å². The molecule has 0 radical (unpaired) electrons. The van der Waals surface area contributed by atoms with E-state index in [1.54, 1.807) is 26.9 Å². The lowest BCUT2D eigenvalue weighted by Crippen LogP contribution is -2.56.